The van der Waals surface area contributed by atoms with Gasteiger partial charge in [0.1, 0.15) is 0 Å². The van der Waals surface area contributed by atoms with E-state index in [1.165, 1.54) is 57.8 Å². The molecule has 0 saturated heterocycles. The highest BCUT2D eigenvalue weighted by molar-refractivity contribution is 5.98. The zero-order valence-corrected chi connectivity index (χ0v) is 17.2. The van der Waals surface area contributed by atoms with E-state index in [-0.39, 0.29) is 12.8 Å². The minimum Gasteiger partial charge on any atom is -0.480 e. The molecule has 0 aromatic carbocycles. The third kappa shape index (κ3) is 10.8. The Labute approximate surface area is 160 Å². The fourth-order valence-electron chi connectivity index (χ4n) is 3.59. The van der Waals surface area contributed by atoms with Gasteiger partial charge in [0.2, 0.25) is 0 Å². The summed E-state index contributed by atoms with van der Waals surface area (Å²) < 4.78 is 0. The predicted octanol–water partition coefficient (Wildman–Crippen LogP) is 6.81. The van der Waals surface area contributed by atoms with Crippen LogP contribution in [0.1, 0.15) is 123 Å². The van der Waals surface area contributed by atoms with Gasteiger partial charge in [0.25, 0.3) is 0 Å². The monoisotopic (exact) mass is 370 g/mol. The lowest BCUT2D eigenvalue weighted by Crippen LogP contribution is -2.39. The first-order valence-electron chi connectivity index (χ1n) is 11.0. The Balaban J connectivity index is 4.17. The molecule has 0 atom stereocenters. The summed E-state index contributed by atoms with van der Waals surface area (Å²) in [4.78, 5) is 23.5. The van der Waals surface area contributed by atoms with E-state index in [1.54, 1.807) is 0 Å². The first-order valence-corrected chi connectivity index (χ1v) is 11.0. The topological polar surface area (TPSA) is 74.6 Å². The Morgan fingerprint density at radius 1 is 0.538 bits per heavy atom. The number of unbranched alkanes of at least 4 members (excludes halogenated alkanes) is 13. The zero-order chi connectivity index (χ0) is 19.7. The van der Waals surface area contributed by atoms with Crippen LogP contribution in [0.25, 0.3) is 0 Å². The van der Waals surface area contributed by atoms with Crippen LogP contribution in [0.4, 0.5) is 0 Å². The van der Waals surface area contributed by atoms with E-state index in [2.05, 4.69) is 13.8 Å². The molecule has 4 nitrogen and oxygen atoms in total. The summed E-state index contributed by atoms with van der Waals surface area (Å²) in [6.07, 6.45) is 17.0. The Morgan fingerprint density at radius 3 is 1.08 bits per heavy atom. The molecule has 0 aromatic heterocycles. The smallest absolute Gasteiger partial charge is 0.321 e. The number of carboxylic acids is 2. The number of carboxylic acid groups (broad SMARTS) is 2. The number of carbonyl (C=O) groups is 2. The fraction of sp³-hybridized carbons (Fsp3) is 0.909. The van der Waals surface area contributed by atoms with Crippen molar-refractivity contribution in [2.45, 2.75) is 123 Å². The molecule has 0 aliphatic carbocycles. The third-order valence-corrected chi connectivity index (χ3v) is 5.48. The molecule has 0 aliphatic rings. The summed E-state index contributed by atoms with van der Waals surface area (Å²) in [5.74, 6) is -2.31. The molecule has 0 bridgehead atoms. The normalized spacial score (nSPS) is 11.6. The molecule has 0 saturated carbocycles. The number of hydrogen-bond acceptors (Lipinski definition) is 2. The van der Waals surface area contributed by atoms with E-state index in [0.29, 0.717) is 12.8 Å². The maximum Gasteiger partial charge on any atom is 0.321 e. The van der Waals surface area contributed by atoms with Crippen molar-refractivity contribution in [3.8, 4) is 0 Å². The molecule has 26 heavy (non-hydrogen) atoms. The van der Waals surface area contributed by atoms with Gasteiger partial charge in [-0.2, -0.15) is 0 Å². The Kier molecular flexibility index (Phi) is 15.5. The fourth-order valence-corrected chi connectivity index (χ4v) is 3.59. The molecule has 0 fully saturated rings. The SMILES string of the molecule is CCCCCCCCCCC(CCCCCCCCC)(C(=O)O)C(=O)O. The largest absolute Gasteiger partial charge is 0.480 e. The predicted molar refractivity (Wildman–Crippen MR) is 108 cm³/mol. The average molecular weight is 371 g/mol. The minimum absolute atomic E-state index is 0.266. The molecule has 0 rings (SSSR count). The van der Waals surface area contributed by atoms with Crippen LogP contribution in [0, 0.1) is 5.41 Å². The highest BCUT2D eigenvalue weighted by Crippen LogP contribution is 2.33. The van der Waals surface area contributed by atoms with Crippen molar-refractivity contribution in [3.05, 3.63) is 0 Å². The number of hydrogen-bond donors (Lipinski definition) is 2. The van der Waals surface area contributed by atoms with Crippen molar-refractivity contribution < 1.29 is 19.8 Å². The molecule has 0 radical (unpaired) electrons. The van der Waals surface area contributed by atoms with E-state index in [9.17, 15) is 19.8 Å². The average Bonchev–Trinajstić information content (AvgIpc) is 2.60. The van der Waals surface area contributed by atoms with Crippen LogP contribution in [0.3, 0.4) is 0 Å². The molecule has 0 heterocycles. The standard InChI is InChI=1S/C22H42O4/c1-3-5-7-9-11-13-15-17-19-22(20(23)24,21(25)26)18-16-14-12-10-8-6-4-2/h3-19H2,1-2H3,(H,23,24)(H,25,26). The van der Waals surface area contributed by atoms with Gasteiger partial charge in [0.05, 0.1) is 0 Å². The van der Waals surface area contributed by atoms with Crippen LogP contribution in [0.2, 0.25) is 0 Å². The second-order valence-electron chi connectivity index (χ2n) is 7.79. The quantitative estimate of drug-likeness (QED) is 0.193. The van der Waals surface area contributed by atoms with Gasteiger partial charge in [-0.15, -0.1) is 0 Å². The first kappa shape index (κ1) is 24.9. The number of aliphatic carboxylic acids is 2. The lowest BCUT2D eigenvalue weighted by molar-refractivity contribution is -0.166. The van der Waals surface area contributed by atoms with Gasteiger partial charge < -0.3 is 10.2 Å². The van der Waals surface area contributed by atoms with Gasteiger partial charge in [-0.3, -0.25) is 9.59 Å². The molecular weight excluding hydrogens is 328 g/mol. The molecule has 4 heteroatoms. The second kappa shape index (κ2) is 16.1. The van der Waals surface area contributed by atoms with Crippen LogP contribution in [-0.4, -0.2) is 22.2 Å². The summed E-state index contributed by atoms with van der Waals surface area (Å²) in [6.45, 7) is 4.38. The highest BCUT2D eigenvalue weighted by atomic mass is 16.4. The van der Waals surface area contributed by atoms with Crippen molar-refractivity contribution in [2.75, 3.05) is 0 Å². The Hall–Kier alpha value is -1.06. The lowest BCUT2D eigenvalue weighted by Gasteiger charge is -2.25. The molecule has 2 N–H and O–H groups in total. The minimum atomic E-state index is -1.58. The van der Waals surface area contributed by atoms with Crippen LogP contribution < -0.4 is 0 Å². The van der Waals surface area contributed by atoms with E-state index in [0.717, 1.165) is 25.7 Å². The molecule has 0 aromatic rings. The van der Waals surface area contributed by atoms with Gasteiger partial charge >= 0.3 is 11.9 Å². The molecule has 0 aliphatic heterocycles. The summed E-state index contributed by atoms with van der Waals surface area (Å²) in [6, 6.07) is 0. The van der Waals surface area contributed by atoms with Crippen molar-refractivity contribution >= 4 is 11.9 Å². The molecule has 0 spiro atoms. The Bertz CT molecular complexity index is 351. The van der Waals surface area contributed by atoms with Crippen molar-refractivity contribution in [1.29, 1.82) is 0 Å². The summed E-state index contributed by atoms with van der Waals surface area (Å²) in [7, 11) is 0. The van der Waals surface area contributed by atoms with E-state index < -0.39 is 17.4 Å². The maximum absolute atomic E-state index is 11.7. The third-order valence-electron chi connectivity index (χ3n) is 5.48. The van der Waals surface area contributed by atoms with Crippen molar-refractivity contribution in [3.63, 3.8) is 0 Å². The van der Waals surface area contributed by atoms with Gasteiger partial charge in [-0.1, -0.05) is 110 Å². The number of rotatable bonds is 19. The molecule has 154 valence electrons. The lowest BCUT2D eigenvalue weighted by atomic mass is 9.78. The zero-order valence-electron chi connectivity index (χ0n) is 17.2. The van der Waals surface area contributed by atoms with E-state index in [4.69, 9.17) is 0 Å². The highest BCUT2D eigenvalue weighted by Gasteiger charge is 2.45. The van der Waals surface area contributed by atoms with Crippen molar-refractivity contribution in [1.82, 2.24) is 0 Å². The van der Waals surface area contributed by atoms with Gasteiger partial charge in [0.15, 0.2) is 5.41 Å². The van der Waals surface area contributed by atoms with Crippen molar-refractivity contribution in [2.24, 2.45) is 5.41 Å². The van der Waals surface area contributed by atoms with Gasteiger partial charge in [-0.25, -0.2) is 0 Å². The summed E-state index contributed by atoms with van der Waals surface area (Å²) >= 11 is 0. The maximum atomic E-state index is 11.7. The first-order chi connectivity index (χ1) is 12.5. The summed E-state index contributed by atoms with van der Waals surface area (Å²) in [5, 5.41) is 19.2. The Morgan fingerprint density at radius 2 is 0.808 bits per heavy atom. The van der Waals surface area contributed by atoms with Gasteiger partial charge in [0, 0.05) is 0 Å². The second-order valence-corrected chi connectivity index (χ2v) is 7.79. The summed E-state index contributed by atoms with van der Waals surface area (Å²) in [5.41, 5.74) is -1.58. The van der Waals surface area contributed by atoms with Crippen LogP contribution in [-0.2, 0) is 9.59 Å². The van der Waals surface area contributed by atoms with E-state index in [1.807, 2.05) is 0 Å². The molecule has 0 amide bonds. The molecule has 0 unspecified atom stereocenters. The van der Waals surface area contributed by atoms with Crippen LogP contribution >= 0.6 is 0 Å². The van der Waals surface area contributed by atoms with Gasteiger partial charge in [-0.05, 0) is 12.8 Å². The van der Waals surface area contributed by atoms with E-state index >= 15 is 0 Å². The molecular formula is C22H42O4. The van der Waals surface area contributed by atoms with Crippen LogP contribution in [0.15, 0.2) is 0 Å². The van der Waals surface area contributed by atoms with Crippen LogP contribution in [0.5, 0.6) is 0 Å².